The van der Waals surface area contributed by atoms with Crippen molar-refractivity contribution in [2.75, 3.05) is 12.4 Å². The van der Waals surface area contributed by atoms with Gasteiger partial charge < -0.3 is 10.6 Å². The molecule has 3 aromatic rings. The number of carbonyl (C=O) groups is 2. The summed E-state index contributed by atoms with van der Waals surface area (Å²) in [6.07, 6.45) is 0. The fourth-order valence-electron chi connectivity index (χ4n) is 3.38. The van der Waals surface area contributed by atoms with E-state index in [4.69, 9.17) is 11.6 Å². The molecule has 6 nitrogen and oxygen atoms in total. The van der Waals surface area contributed by atoms with Gasteiger partial charge in [-0.3, -0.25) is 14.3 Å². The molecule has 2 N–H and O–H groups in total. The Balaban J connectivity index is 1.84. The van der Waals surface area contributed by atoms with E-state index < -0.39 is 12.1 Å². The average molecular weight is 413 g/mol. The van der Waals surface area contributed by atoms with Gasteiger partial charge in [-0.05, 0) is 49.2 Å². The van der Waals surface area contributed by atoms with Crippen molar-refractivity contribution in [2.24, 2.45) is 0 Å². The number of nitrogens with one attached hydrogen (secondary N) is 2. The molecule has 0 aliphatic rings. The third-order valence-electron chi connectivity index (χ3n) is 4.91. The largest absolute Gasteiger partial charge is 0.353 e. The van der Waals surface area contributed by atoms with Gasteiger partial charge >= 0.3 is 0 Å². The number of benzene rings is 2. The number of fused-ring (bicyclic) bond motifs is 1. The zero-order valence-electron chi connectivity index (χ0n) is 16.8. The number of aromatic nitrogens is 2. The number of aryl methyl sites for hydroxylation is 2. The maximum absolute atomic E-state index is 13.0. The SMILES string of the molecule is Cc1cc(C)n(C(C)C(=O)NC(CNC(=O)CCl)c2ccc3ccccc3c2)n1. The van der Waals surface area contributed by atoms with Crippen LogP contribution in [0.5, 0.6) is 0 Å². The molecule has 1 aromatic heterocycles. The predicted octanol–water partition coefficient (Wildman–Crippen LogP) is 3.43. The van der Waals surface area contributed by atoms with Crippen molar-refractivity contribution < 1.29 is 9.59 Å². The topological polar surface area (TPSA) is 76.0 Å². The number of hydrogen-bond acceptors (Lipinski definition) is 3. The Hall–Kier alpha value is -2.86. The minimum absolute atomic E-state index is 0.124. The van der Waals surface area contributed by atoms with Crippen molar-refractivity contribution in [3.05, 3.63) is 65.5 Å². The number of halogens is 1. The van der Waals surface area contributed by atoms with E-state index in [9.17, 15) is 9.59 Å². The first-order valence-electron chi connectivity index (χ1n) is 9.53. The molecule has 0 aliphatic heterocycles. The summed E-state index contributed by atoms with van der Waals surface area (Å²) in [4.78, 5) is 24.6. The van der Waals surface area contributed by atoms with Gasteiger partial charge in [0.25, 0.3) is 0 Å². The van der Waals surface area contributed by atoms with E-state index in [0.29, 0.717) is 0 Å². The number of rotatable bonds is 7. The molecule has 29 heavy (non-hydrogen) atoms. The first-order chi connectivity index (χ1) is 13.9. The van der Waals surface area contributed by atoms with Crippen molar-refractivity contribution in [2.45, 2.75) is 32.9 Å². The molecule has 0 saturated heterocycles. The van der Waals surface area contributed by atoms with E-state index in [1.165, 1.54) is 0 Å². The summed E-state index contributed by atoms with van der Waals surface area (Å²) in [6, 6.07) is 15.1. The summed E-state index contributed by atoms with van der Waals surface area (Å²) in [6.45, 7) is 5.88. The van der Waals surface area contributed by atoms with Gasteiger partial charge in [0.1, 0.15) is 11.9 Å². The second kappa shape index (κ2) is 9.09. The Morgan fingerprint density at radius 1 is 1.10 bits per heavy atom. The summed E-state index contributed by atoms with van der Waals surface area (Å²) in [7, 11) is 0. The summed E-state index contributed by atoms with van der Waals surface area (Å²) in [5.41, 5.74) is 2.69. The van der Waals surface area contributed by atoms with E-state index >= 15 is 0 Å². The smallest absolute Gasteiger partial charge is 0.245 e. The summed E-state index contributed by atoms with van der Waals surface area (Å²) in [5.74, 6) is -0.576. The van der Waals surface area contributed by atoms with Gasteiger partial charge in [-0.2, -0.15) is 5.10 Å². The van der Waals surface area contributed by atoms with Crippen molar-refractivity contribution in [3.63, 3.8) is 0 Å². The Kier molecular flexibility index (Phi) is 6.54. The Bertz CT molecular complexity index is 1030. The molecule has 0 spiro atoms. The van der Waals surface area contributed by atoms with Crippen LogP contribution in [0.4, 0.5) is 0 Å². The molecule has 0 bridgehead atoms. The van der Waals surface area contributed by atoms with Crippen LogP contribution in [0.3, 0.4) is 0 Å². The molecule has 2 atom stereocenters. The highest BCUT2D eigenvalue weighted by molar-refractivity contribution is 6.27. The van der Waals surface area contributed by atoms with Crippen LogP contribution in [-0.4, -0.2) is 34.0 Å². The Morgan fingerprint density at radius 2 is 1.83 bits per heavy atom. The molecule has 152 valence electrons. The van der Waals surface area contributed by atoms with Gasteiger partial charge in [0.2, 0.25) is 11.8 Å². The third-order valence-corrected chi connectivity index (χ3v) is 5.15. The first kappa shape index (κ1) is 20.9. The second-order valence-corrected chi connectivity index (χ2v) is 7.42. The molecule has 2 unspecified atom stereocenters. The molecule has 1 heterocycles. The second-order valence-electron chi connectivity index (χ2n) is 7.15. The lowest BCUT2D eigenvalue weighted by molar-refractivity contribution is -0.125. The molecule has 0 aliphatic carbocycles. The maximum atomic E-state index is 13.0. The van der Waals surface area contributed by atoms with Crippen LogP contribution >= 0.6 is 11.6 Å². The zero-order chi connectivity index (χ0) is 21.0. The average Bonchev–Trinajstić information content (AvgIpc) is 3.07. The number of hydrogen-bond donors (Lipinski definition) is 2. The van der Waals surface area contributed by atoms with Gasteiger partial charge in [0.05, 0.1) is 11.7 Å². The van der Waals surface area contributed by atoms with Crippen LogP contribution in [0.25, 0.3) is 10.8 Å². The Labute approximate surface area is 175 Å². The normalized spacial score (nSPS) is 13.1. The molecular weight excluding hydrogens is 388 g/mol. The standard InChI is InChI=1S/C22H25ClN4O2/c1-14-10-15(2)27(26-14)16(3)22(29)25-20(13-24-21(28)12-23)19-9-8-17-6-4-5-7-18(17)11-19/h4-11,16,20H,12-13H2,1-3H3,(H,24,28)(H,25,29). The van der Waals surface area contributed by atoms with Crippen LogP contribution < -0.4 is 10.6 Å². The van der Waals surface area contributed by atoms with Gasteiger partial charge in [-0.1, -0.05) is 36.4 Å². The van der Waals surface area contributed by atoms with Crippen LogP contribution in [0.2, 0.25) is 0 Å². The lowest BCUT2D eigenvalue weighted by atomic mass is 10.0. The summed E-state index contributed by atoms with van der Waals surface area (Å²) < 4.78 is 1.71. The van der Waals surface area contributed by atoms with E-state index in [-0.39, 0.29) is 24.2 Å². The van der Waals surface area contributed by atoms with E-state index in [2.05, 4.69) is 15.7 Å². The van der Waals surface area contributed by atoms with Gasteiger partial charge in [0.15, 0.2) is 0 Å². The minimum Gasteiger partial charge on any atom is -0.353 e. The van der Waals surface area contributed by atoms with E-state index in [1.807, 2.05) is 69.3 Å². The minimum atomic E-state index is -0.476. The molecule has 0 saturated carbocycles. The van der Waals surface area contributed by atoms with Crippen molar-refractivity contribution in [1.82, 2.24) is 20.4 Å². The van der Waals surface area contributed by atoms with Crippen LogP contribution in [0, 0.1) is 13.8 Å². The highest BCUT2D eigenvalue weighted by atomic mass is 35.5. The molecule has 7 heteroatoms. The van der Waals surface area contributed by atoms with Crippen molar-refractivity contribution in [1.29, 1.82) is 0 Å². The Morgan fingerprint density at radius 3 is 2.48 bits per heavy atom. The summed E-state index contributed by atoms with van der Waals surface area (Å²) >= 11 is 5.60. The van der Waals surface area contributed by atoms with Crippen molar-refractivity contribution in [3.8, 4) is 0 Å². The molecular formula is C22H25ClN4O2. The molecule has 0 fully saturated rings. The quantitative estimate of drug-likeness (QED) is 0.584. The fraction of sp³-hybridized carbons (Fsp3) is 0.318. The lowest BCUT2D eigenvalue weighted by Crippen LogP contribution is -2.41. The molecule has 2 aromatic carbocycles. The monoisotopic (exact) mass is 412 g/mol. The van der Waals surface area contributed by atoms with Gasteiger partial charge in [-0.15, -0.1) is 11.6 Å². The predicted molar refractivity (Wildman–Crippen MR) is 115 cm³/mol. The zero-order valence-corrected chi connectivity index (χ0v) is 17.5. The summed E-state index contributed by atoms with van der Waals surface area (Å²) in [5, 5.41) is 12.4. The fourth-order valence-corrected chi connectivity index (χ4v) is 3.48. The van der Waals surface area contributed by atoms with Crippen LogP contribution in [0.1, 0.15) is 36.0 Å². The highest BCUT2D eigenvalue weighted by Crippen LogP contribution is 2.21. The number of alkyl halides is 1. The van der Waals surface area contributed by atoms with E-state index in [1.54, 1.807) is 4.68 Å². The maximum Gasteiger partial charge on any atom is 0.245 e. The van der Waals surface area contributed by atoms with Gasteiger partial charge in [-0.25, -0.2) is 0 Å². The van der Waals surface area contributed by atoms with Crippen LogP contribution in [-0.2, 0) is 9.59 Å². The first-order valence-corrected chi connectivity index (χ1v) is 10.1. The number of amides is 2. The molecule has 2 amide bonds. The van der Waals surface area contributed by atoms with E-state index in [0.717, 1.165) is 27.7 Å². The van der Waals surface area contributed by atoms with Crippen molar-refractivity contribution >= 4 is 34.2 Å². The number of nitrogens with zero attached hydrogens (tertiary/aromatic N) is 2. The van der Waals surface area contributed by atoms with Crippen LogP contribution in [0.15, 0.2) is 48.5 Å². The molecule has 3 rings (SSSR count). The number of carbonyl (C=O) groups excluding carboxylic acids is 2. The van der Waals surface area contributed by atoms with Gasteiger partial charge in [0, 0.05) is 12.2 Å². The lowest BCUT2D eigenvalue weighted by Gasteiger charge is -2.23. The third kappa shape index (κ3) is 4.95. The highest BCUT2D eigenvalue weighted by Gasteiger charge is 2.22. The molecule has 0 radical (unpaired) electrons.